The van der Waals surface area contributed by atoms with E-state index in [1.165, 1.54) is 17.8 Å². The summed E-state index contributed by atoms with van der Waals surface area (Å²) in [7, 11) is -2.58. The maximum atomic E-state index is 12.6. The smallest absolute Gasteiger partial charge is 0.318 e. The first-order chi connectivity index (χ1) is 9.37. The molecule has 0 aromatic carbocycles. The molecule has 0 saturated heterocycles. The van der Waals surface area contributed by atoms with E-state index in [2.05, 4.69) is 0 Å². The van der Waals surface area contributed by atoms with Crippen LogP contribution in [0.3, 0.4) is 0 Å². The fourth-order valence-electron chi connectivity index (χ4n) is 1.85. The number of hydrogen-bond acceptors (Lipinski definition) is 4. The second-order valence-electron chi connectivity index (χ2n) is 5.61. The number of carbonyl (C=O) groups is 2. The van der Waals surface area contributed by atoms with E-state index in [9.17, 15) is 18.0 Å². The molecule has 1 aromatic rings. The van der Waals surface area contributed by atoms with E-state index in [4.69, 9.17) is 10.8 Å². The van der Waals surface area contributed by atoms with E-state index in [0.29, 0.717) is 0 Å². The summed E-state index contributed by atoms with van der Waals surface area (Å²) in [6.07, 6.45) is 1.23. The van der Waals surface area contributed by atoms with Crippen molar-refractivity contribution in [3.8, 4) is 0 Å². The largest absolute Gasteiger partial charge is 0.480 e. The number of nitrogens with zero attached hydrogens (tertiary/aromatic N) is 2. The van der Waals surface area contributed by atoms with Gasteiger partial charge >= 0.3 is 5.97 Å². The zero-order valence-corrected chi connectivity index (χ0v) is 13.1. The molecule has 0 radical (unpaired) electrons. The number of rotatable bonds is 5. The first-order valence-electron chi connectivity index (χ1n) is 6.08. The number of hydrogen-bond donors (Lipinski definition) is 2. The topological polar surface area (TPSA) is 123 Å². The molecule has 0 unspecified atom stereocenters. The molecule has 1 rings (SSSR count). The number of amides is 1. The lowest BCUT2D eigenvalue weighted by Crippen LogP contribution is -2.48. The molecule has 0 aliphatic heterocycles. The highest BCUT2D eigenvalue weighted by Gasteiger charge is 2.36. The van der Waals surface area contributed by atoms with Gasteiger partial charge in [0.25, 0.3) is 5.91 Å². The Morgan fingerprint density at radius 2 is 1.90 bits per heavy atom. The van der Waals surface area contributed by atoms with Crippen molar-refractivity contribution >= 4 is 21.9 Å². The molecule has 118 valence electrons. The third kappa shape index (κ3) is 3.61. The van der Waals surface area contributed by atoms with Crippen LogP contribution < -0.4 is 5.73 Å². The Kier molecular flexibility index (Phi) is 4.49. The van der Waals surface area contributed by atoms with Gasteiger partial charge in [-0.05, 0) is 26.8 Å². The third-order valence-corrected chi connectivity index (χ3v) is 4.92. The van der Waals surface area contributed by atoms with Crippen molar-refractivity contribution in [2.75, 3.05) is 6.54 Å². The number of nitrogens with two attached hydrogens (primary N) is 1. The zero-order valence-electron chi connectivity index (χ0n) is 12.3. The molecule has 21 heavy (non-hydrogen) atoms. The van der Waals surface area contributed by atoms with Gasteiger partial charge < -0.3 is 15.4 Å². The molecule has 0 bridgehead atoms. The Hall–Kier alpha value is -1.87. The van der Waals surface area contributed by atoms with Gasteiger partial charge in [-0.1, -0.05) is 0 Å². The highest BCUT2D eigenvalue weighted by Crippen LogP contribution is 2.25. The lowest BCUT2D eigenvalue weighted by atomic mass is 10.1. The molecule has 0 fully saturated rings. The van der Waals surface area contributed by atoms with Gasteiger partial charge in [-0.2, -0.15) is 4.31 Å². The molecule has 0 aliphatic rings. The molecule has 0 saturated carbocycles. The van der Waals surface area contributed by atoms with Crippen LogP contribution in [0.5, 0.6) is 0 Å². The summed E-state index contributed by atoms with van der Waals surface area (Å²) < 4.78 is 27.4. The highest BCUT2D eigenvalue weighted by atomic mass is 32.2. The fourth-order valence-corrected chi connectivity index (χ4v) is 3.66. The summed E-state index contributed by atoms with van der Waals surface area (Å²) in [6.45, 7) is 4.09. The number of aliphatic carboxylic acids is 1. The minimum atomic E-state index is -4.07. The Bertz CT molecular complexity index is 670. The van der Waals surface area contributed by atoms with Crippen molar-refractivity contribution in [2.45, 2.75) is 31.2 Å². The molecule has 8 nitrogen and oxygen atoms in total. The standard InChI is InChI=1S/C12H19N3O5S/c1-12(2,3)15(7-10(16)17)21(19,20)8-5-9(11(13)18)14(4)6-8/h5-6H,7H2,1-4H3,(H2,13,18)(H,16,17). The van der Waals surface area contributed by atoms with Crippen LogP contribution in [0.25, 0.3) is 0 Å². The van der Waals surface area contributed by atoms with Gasteiger partial charge in [0.1, 0.15) is 17.1 Å². The maximum Gasteiger partial charge on any atom is 0.318 e. The Labute approximate surface area is 123 Å². The predicted octanol–water partition coefficient (Wildman–Crippen LogP) is -0.00220. The molecule has 3 N–H and O–H groups in total. The van der Waals surface area contributed by atoms with E-state index in [1.807, 2.05) is 0 Å². The Balaban J connectivity index is 3.39. The predicted molar refractivity (Wildman–Crippen MR) is 75.2 cm³/mol. The first-order valence-corrected chi connectivity index (χ1v) is 7.52. The number of sulfonamides is 1. The molecule has 0 spiro atoms. The normalized spacial score (nSPS) is 12.6. The Morgan fingerprint density at radius 1 is 1.38 bits per heavy atom. The van der Waals surface area contributed by atoms with Crippen LogP contribution >= 0.6 is 0 Å². The van der Waals surface area contributed by atoms with E-state index in [0.717, 1.165) is 10.4 Å². The van der Waals surface area contributed by atoms with E-state index >= 15 is 0 Å². The van der Waals surface area contributed by atoms with Crippen LogP contribution in [0.2, 0.25) is 0 Å². The zero-order chi connectivity index (χ0) is 16.6. The van der Waals surface area contributed by atoms with Crippen molar-refractivity contribution in [1.82, 2.24) is 8.87 Å². The minimum Gasteiger partial charge on any atom is -0.480 e. The second-order valence-corrected chi connectivity index (χ2v) is 7.47. The van der Waals surface area contributed by atoms with Crippen molar-refractivity contribution in [3.63, 3.8) is 0 Å². The third-order valence-electron chi connectivity index (χ3n) is 2.85. The van der Waals surface area contributed by atoms with Gasteiger partial charge in [0.05, 0.1) is 0 Å². The average Bonchev–Trinajstić information content (AvgIpc) is 2.67. The van der Waals surface area contributed by atoms with Crippen LogP contribution in [-0.2, 0) is 21.9 Å². The monoisotopic (exact) mass is 317 g/mol. The molecule has 1 amide bonds. The van der Waals surface area contributed by atoms with Crippen LogP contribution in [0.4, 0.5) is 0 Å². The van der Waals surface area contributed by atoms with Crippen molar-refractivity contribution in [1.29, 1.82) is 0 Å². The summed E-state index contributed by atoms with van der Waals surface area (Å²) >= 11 is 0. The van der Waals surface area contributed by atoms with Crippen molar-refractivity contribution < 1.29 is 23.1 Å². The lowest BCUT2D eigenvalue weighted by Gasteiger charge is -2.32. The van der Waals surface area contributed by atoms with Gasteiger partial charge in [-0.25, -0.2) is 8.42 Å². The summed E-state index contributed by atoms with van der Waals surface area (Å²) in [5.74, 6) is -2.03. The van der Waals surface area contributed by atoms with Gasteiger partial charge in [0.2, 0.25) is 10.0 Å². The molecular formula is C12H19N3O5S. The van der Waals surface area contributed by atoms with Crippen LogP contribution in [0.15, 0.2) is 17.2 Å². The Morgan fingerprint density at radius 3 is 2.24 bits per heavy atom. The quantitative estimate of drug-likeness (QED) is 0.791. The summed E-state index contributed by atoms with van der Waals surface area (Å²) in [5, 5.41) is 8.92. The summed E-state index contributed by atoms with van der Waals surface area (Å²) in [5.41, 5.74) is 4.25. The van der Waals surface area contributed by atoms with Gasteiger partial charge in [-0.15, -0.1) is 0 Å². The maximum absolute atomic E-state index is 12.6. The lowest BCUT2D eigenvalue weighted by molar-refractivity contribution is -0.138. The summed E-state index contributed by atoms with van der Waals surface area (Å²) in [4.78, 5) is 22.0. The number of primary amides is 1. The number of carboxylic acid groups (broad SMARTS) is 1. The van der Waals surface area contributed by atoms with Crippen molar-refractivity contribution in [3.05, 3.63) is 18.0 Å². The van der Waals surface area contributed by atoms with Crippen LogP contribution in [0.1, 0.15) is 31.3 Å². The van der Waals surface area contributed by atoms with E-state index in [-0.39, 0.29) is 10.6 Å². The van der Waals surface area contributed by atoms with Gasteiger partial charge in [0.15, 0.2) is 0 Å². The number of aryl methyl sites for hydroxylation is 1. The average molecular weight is 317 g/mol. The molecule has 0 aliphatic carbocycles. The van der Waals surface area contributed by atoms with Gasteiger partial charge in [0, 0.05) is 18.8 Å². The highest BCUT2D eigenvalue weighted by molar-refractivity contribution is 7.89. The van der Waals surface area contributed by atoms with E-state index in [1.54, 1.807) is 20.8 Å². The van der Waals surface area contributed by atoms with Crippen LogP contribution in [-0.4, -0.2) is 46.4 Å². The molecule has 0 atom stereocenters. The number of carboxylic acids is 1. The SMILES string of the molecule is Cn1cc(S(=O)(=O)N(CC(=O)O)C(C)(C)C)cc1C(N)=O. The van der Waals surface area contributed by atoms with E-state index < -0.39 is 34.0 Å². The first kappa shape index (κ1) is 17.2. The minimum absolute atomic E-state index is 0.0257. The molecule has 1 heterocycles. The molecule has 1 aromatic heterocycles. The second kappa shape index (κ2) is 5.49. The van der Waals surface area contributed by atoms with Crippen LogP contribution in [0, 0.1) is 0 Å². The molecule has 9 heteroatoms. The fraction of sp³-hybridized carbons (Fsp3) is 0.500. The summed E-state index contributed by atoms with van der Waals surface area (Å²) in [6, 6.07) is 1.14. The molecular weight excluding hydrogens is 298 g/mol. The van der Waals surface area contributed by atoms with Gasteiger partial charge in [-0.3, -0.25) is 9.59 Å². The number of aromatic nitrogens is 1. The number of carbonyl (C=O) groups excluding carboxylic acids is 1. The van der Waals surface area contributed by atoms with Crippen molar-refractivity contribution in [2.24, 2.45) is 12.8 Å².